The molecule has 108 valence electrons. The zero-order valence-electron chi connectivity index (χ0n) is 11.4. The summed E-state index contributed by atoms with van der Waals surface area (Å²) in [6.45, 7) is 1.61. The largest absolute Gasteiger partial charge is 0.481 e. The van der Waals surface area contributed by atoms with Gasteiger partial charge in [0.2, 0.25) is 0 Å². The second kappa shape index (κ2) is 5.63. The quantitative estimate of drug-likeness (QED) is 0.779. The van der Waals surface area contributed by atoms with E-state index in [0.29, 0.717) is 18.4 Å². The maximum atomic E-state index is 12.1. The van der Waals surface area contributed by atoms with Gasteiger partial charge in [-0.25, -0.2) is 0 Å². The first-order chi connectivity index (χ1) is 9.47. The van der Waals surface area contributed by atoms with E-state index in [2.05, 4.69) is 5.32 Å². The van der Waals surface area contributed by atoms with Crippen molar-refractivity contribution < 1.29 is 19.8 Å². The molecule has 3 N–H and O–H groups in total. The minimum absolute atomic E-state index is 0.0678. The monoisotopic (exact) mass is 277 g/mol. The van der Waals surface area contributed by atoms with E-state index in [4.69, 9.17) is 5.11 Å². The van der Waals surface area contributed by atoms with Gasteiger partial charge in [0.25, 0.3) is 5.91 Å². The van der Waals surface area contributed by atoms with Gasteiger partial charge in [-0.1, -0.05) is 18.6 Å². The summed E-state index contributed by atoms with van der Waals surface area (Å²) >= 11 is 0. The molecular formula is C15H19NO4. The summed E-state index contributed by atoms with van der Waals surface area (Å²) in [7, 11) is 0. The lowest BCUT2D eigenvalue weighted by Crippen LogP contribution is -2.47. The Bertz CT molecular complexity index is 511. The fourth-order valence-electron chi connectivity index (χ4n) is 2.66. The van der Waals surface area contributed by atoms with Crippen molar-refractivity contribution in [2.24, 2.45) is 5.41 Å². The predicted molar refractivity (Wildman–Crippen MR) is 73.2 cm³/mol. The highest BCUT2D eigenvalue weighted by Crippen LogP contribution is 2.38. The van der Waals surface area contributed by atoms with Crippen molar-refractivity contribution in [2.45, 2.75) is 38.8 Å². The first kappa shape index (κ1) is 14.5. The lowest BCUT2D eigenvalue weighted by molar-refractivity contribution is -0.148. The maximum Gasteiger partial charge on any atom is 0.311 e. The smallest absolute Gasteiger partial charge is 0.311 e. The highest BCUT2D eigenvalue weighted by Gasteiger charge is 2.45. The molecule has 20 heavy (non-hydrogen) atoms. The Labute approximate surface area is 117 Å². The van der Waals surface area contributed by atoms with Gasteiger partial charge in [-0.05, 0) is 37.5 Å². The zero-order chi connectivity index (χ0) is 14.8. The highest BCUT2D eigenvalue weighted by atomic mass is 16.4. The first-order valence-corrected chi connectivity index (χ1v) is 6.71. The first-order valence-electron chi connectivity index (χ1n) is 6.71. The van der Waals surface area contributed by atoms with Crippen molar-refractivity contribution in [2.75, 3.05) is 0 Å². The van der Waals surface area contributed by atoms with Crippen LogP contribution >= 0.6 is 0 Å². The Morgan fingerprint density at radius 2 is 2.00 bits per heavy atom. The molecule has 0 heterocycles. The minimum Gasteiger partial charge on any atom is -0.481 e. The van der Waals surface area contributed by atoms with Crippen LogP contribution in [0.25, 0.3) is 0 Å². The molecule has 1 aliphatic rings. The molecule has 0 aliphatic heterocycles. The molecule has 0 spiro atoms. The van der Waals surface area contributed by atoms with E-state index in [-0.39, 0.29) is 18.6 Å². The number of carbonyl (C=O) groups is 2. The Kier molecular flexibility index (Phi) is 4.09. The van der Waals surface area contributed by atoms with Gasteiger partial charge in [-0.3, -0.25) is 9.59 Å². The normalized spacial score (nSPS) is 25.4. The molecule has 0 aromatic heterocycles. The molecule has 0 saturated heterocycles. The van der Waals surface area contributed by atoms with E-state index in [0.717, 1.165) is 12.0 Å². The molecule has 1 aromatic rings. The minimum atomic E-state index is -0.888. The van der Waals surface area contributed by atoms with E-state index in [1.807, 2.05) is 0 Å². The van der Waals surface area contributed by atoms with E-state index in [1.165, 1.54) is 0 Å². The summed E-state index contributed by atoms with van der Waals surface area (Å²) < 4.78 is 0. The summed E-state index contributed by atoms with van der Waals surface area (Å²) in [5.74, 6) is -1.13. The molecule has 1 aromatic carbocycles. The third-order valence-electron chi connectivity index (χ3n) is 4.15. The number of carboxylic acids is 1. The third-order valence-corrected chi connectivity index (χ3v) is 4.15. The zero-order valence-corrected chi connectivity index (χ0v) is 11.4. The lowest BCUT2D eigenvalue weighted by Gasteiger charge is -2.27. The number of aliphatic hydroxyl groups excluding tert-OH is 1. The van der Waals surface area contributed by atoms with Crippen molar-refractivity contribution in [1.29, 1.82) is 0 Å². The standard InChI is InChI=1S/C15H19NO4/c1-15(14(19)20)8-2-3-12(15)16-13(18)11-6-4-10(9-17)5-7-11/h4-7,12,17H,2-3,8-9H2,1H3,(H,16,18)(H,19,20). The van der Waals surface area contributed by atoms with Crippen LogP contribution in [0.2, 0.25) is 0 Å². The molecule has 2 rings (SSSR count). The molecule has 1 aliphatic carbocycles. The second-order valence-corrected chi connectivity index (χ2v) is 5.50. The van der Waals surface area contributed by atoms with Gasteiger partial charge in [0, 0.05) is 11.6 Å². The Balaban J connectivity index is 2.09. The number of nitrogens with one attached hydrogen (secondary N) is 1. The van der Waals surface area contributed by atoms with Crippen molar-refractivity contribution >= 4 is 11.9 Å². The average molecular weight is 277 g/mol. The van der Waals surface area contributed by atoms with Crippen LogP contribution in [0.5, 0.6) is 0 Å². The Morgan fingerprint density at radius 1 is 1.35 bits per heavy atom. The van der Waals surface area contributed by atoms with Crippen LogP contribution in [-0.4, -0.2) is 28.1 Å². The third kappa shape index (κ3) is 2.67. The summed E-state index contributed by atoms with van der Waals surface area (Å²) in [5.41, 5.74) is 0.320. The van der Waals surface area contributed by atoms with Crippen molar-refractivity contribution in [3.8, 4) is 0 Å². The number of aliphatic carboxylic acids is 1. The van der Waals surface area contributed by atoms with Crippen molar-refractivity contribution in [1.82, 2.24) is 5.32 Å². The summed E-state index contributed by atoms with van der Waals surface area (Å²) in [4.78, 5) is 23.5. The van der Waals surface area contributed by atoms with E-state index in [1.54, 1.807) is 31.2 Å². The van der Waals surface area contributed by atoms with Gasteiger partial charge in [0.15, 0.2) is 0 Å². The SMILES string of the molecule is CC1(C(=O)O)CCCC1NC(=O)c1ccc(CO)cc1. The second-order valence-electron chi connectivity index (χ2n) is 5.50. The summed E-state index contributed by atoms with van der Waals surface area (Å²) in [5, 5.41) is 21.1. The van der Waals surface area contributed by atoms with Gasteiger partial charge in [0.1, 0.15) is 0 Å². The molecule has 2 atom stereocenters. The number of hydrogen-bond donors (Lipinski definition) is 3. The highest BCUT2D eigenvalue weighted by molar-refractivity contribution is 5.95. The van der Waals surface area contributed by atoms with Crippen LogP contribution in [0.15, 0.2) is 24.3 Å². The van der Waals surface area contributed by atoms with Crippen LogP contribution in [0.1, 0.15) is 42.1 Å². The number of aliphatic hydroxyl groups is 1. The summed E-state index contributed by atoms with van der Waals surface area (Å²) in [6, 6.07) is 6.28. The molecule has 1 saturated carbocycles. The number of hydrogen-bond acceptors (Lipinski definition) is 3. The van der Waals surface area contributed by atoms with Crippen LogP contribution in [0, 0.1) is 5.41 Å². The Morgan fingerprint density at radius 3 is 2.55 bits per heavy atom. The molecule has 1 amide bonds. The van der Waals surface area contributed by atoms with Crippen LogP contribution in [-0.2, 0) is 11.4 Å². The van der Waals surface area contributed by atoms with Crippen molar-refractivity contribution in [3.63, 3.8) is 0 Å². The van der Waals surface area contributed by atoms with Crippen LogP contribution < -0.4 is 5.32 Å². The topological polar surface area (TPSA) is 86.6 Å². The molecule has 5 nitrogen and oxygen atoms in total. The molecule has 1 fully saturated rings. The predicted octanol–water partition coefficient (Wildman–Crippen LogP) is 1.55. The number of benzene rings is 1. The fourth-order valence-corrected chi connectivity index (χ4v) is 2.66. The molecule has 0 radical (unpaired) electrons. The average Bonchev–Trinajstić information content (AvgIpc) is 2.81. The lowest BCUT2D eigenvalue weighted by atomic mass is 9.85. The van der Waals surface area contributed by atoms with E-state index < -0.39 is 11.4 Å². The van der Waals surface area contributed by atoms with Gasteiger partial charge in [0.05, 0.1) is 12.0 Å². The fraction of sp³-hybridized carbons (Fsp3) is 0.467. The van der Waals surface area contributed by atoms with Crippen molar-refractivity contribution in [3.05, 3.63) is 35.4 Å². The maximum absolute atomic E-state index is 12.1. The van der Waals surface area contributed by atoms with Gasteiger partial charge >= 0.3 is 5.97 Å². The number of amides is 1. The number of rotatable bonds is 4. The molecular weight excluding hydrogens is 258 g/mol. The van der Waals surface area contributed by atoms with Gasteiger partial charge in [-0.15, -0.1) is 0 Å². The van der Waals surface area contributed by atoms with Gasteiger partial charge < -0.3 is 15.5 Å². The molecule has 5 heteroatoms. The van der Waals surface area contributed by atoms with E-state index >= 15 is 0 Å². The van der Waals surface area contributed by atoms with E-state index in [9.17, 15) is 14.7 Å². The van der Waals surface area contributed by atoms with Crippen LogP contribution in [0.4, 0.5) is 0 Å². The molecule has 2 unspecified atom stereocenters. The van der Waals surface area contributed by atoms with Crippen LogP contribution in [0.3, 0.4) is 0 Å². The number of carboxylic acid groups (broad SMARTS) is 1. The Hall–Kier alpha value is -1.88. The molecule has 0 bridgehead atoms. The number of carbonyl (C=O) groups excluding carboxylic acids is 1. The van der Waals surface area contributed by atoms with Gasteiger partial charge in [-0.2, -0.15) is 0 Å². The summed E-state index contributed by atoms with van der Waals surface area (Å²) in [6.07, 6.45) is 2.07.